The summed E-state index contributed by atoms with van der Waals surface area (Å²) in [7, 11) is 1.25. The van der Waals surface area contributed by atoms with Crippen LogP contribution in [0.1, 0.15) is 49.8 Å². The number of alkyl halides is 3. The van der Waals surface area contributed by atoms with E-state index in [1.165, 1.54) is 30.6 Å². The monoisotopic (exact) mass is 646 g/mol. The highest BCUT2D eigenvalue weighted by Gasteiger charge is 2.37. The van der Waals surface area contributed by atoms with Crippen molar-refractivity contribution in [3.8, 4) is 11.5 Å². The first kappa shape index (κ1) is 25.0. The van der Waals surface area contributed by atoms with Gasteiger partial charge >= 0.3 is 12.1 Å². The molecule has 0 radical (unpaired) electrons. The van der Waals surface area contributed by atoms with Crippen molar-refractivity contribution in [3.63, 3.8) is 0 Å². The molecule has 1 N–H and O–H groups in total. The molecule has 0 bridgehead atoms. The van der Waals surface area contributed by atoms with E-state index in [0.29, 0.717) is 15.6 Å². The van der Waals surface area contributed by atoms with Crippen molar-refractivity contribution in [1.82, 2.24) is 14.6 Å². The Bertz CT molecular complexity index is 1530. The molecule has 8 nitrogen and oxygen atoms in total. The van der Waals surface area contributed by atoms with Gasteiger partial charge in [-0.1, -0.05) is 0 Å². The van der Waals surface area contributed by atoms with Crippen LogP contribution in [0.25, 0.3) is 17.1 Å². The number of fused-ring (bicyclic) bond motifs is 2. The van der Waals surface area contributed by atoms with Crippen molar-refractivity contribution in [2.24, 2.45) is 0 Å². The first-order valence-electron chi connectivity index (χ1n) is 10.5. The fraction of sp³-hybridized carbons (Fsp3) is 0.273. The molecule has 1 aliphatic carbocycles. The molecular weight excluding hydrogens is 633 g/mol. The van der Waals surface area contributed by atoms with Crippen molar-refractivity contribution in [2.75, 3.05) is 12.4 Å². The highest BCUT2D eigenvalue weighted by Crippen LogP contribution is 2.40. The summed E-state index contributed by atoms with van der Waals surface area (Å²) in [5.41, 5.74) is -0.685. The van der Waals surface area contributed by atoms with E-state index >= 15 is 0 Å². The van der Waals surface area contributed by atoms with Gasteiger partial charge in [-0.25, -0.2) is 14.3 Å². The molecule has 4 aromatic rings. The van der Waals surface area contributed by atoms with Gasteiger partial charge in [-0.05, 0) is 81.3 Å². The number of hydrogen-bond donors (Lipinski definition) is 1. The lowest BCUT2D eigenvalue weighted by molar-refractivity contribution is -0.142. The van der Waals surface area contributed by atoms with E-state index in [9.17, 15) is 22.8 Å². The molecule has 14 heteroatoms. The molecule has 0 spiro atoms. The van der Waals surface area contributed by atoms with Crippen LogP contribution in [-0.2, 0) is 23.8 Å². The van der Waals surface area contributed by atoms with E-state index in [4.69, 9.17) is 9.15 Å². The number of carbonyl (C=O) groups is 2. The van der Waals surface area contributed by atoms with Gasteiger partial charge < -0.3 is 14.5 Å². The van der Waals surface area contributed by atoms with Crippen LogP contribution in [0.5, 0.6) is 0 Å². The zero-order valence-electron chi connectivity index (χ0n) is 18.3. The summed E-state index contributed by atoms with van der Waals surface area (Å²) in [5, 5.41) is 6.83. The highest BCUT2D eigenvalue weighted by atomic mass is 79.9. The van der Waals surface area contributed by atoms with Crippen LogP contribution in [0.4, 0.5) is 18.2 Å². The minimum atomic E-state index is -4.80. The molecule has 36 heavy (non-hydrogen) atoms. The Hall–Kier alpha value is -2.71. The van der Waals surface area contributed by atoms with Crippen molar-refractivity contribution >= 4 is 65.7 Å². The topological polar surface area (TPSA) is 98.7 Å². The van der Waals surface area contributed by atoms with E-state index in [0.717, 1.165) is 35.8 Å². The third kappa shape index (κ3) is 4.34. The Labute approximate surface area is 222 Å². The largest absolute Gasteiger partial charge is 0.465 e. The van der Waals surface area contributed by atoms with Crippen LogP contribution in [0, 0.1) is 0 Å². The lowest BCUT2D eigenvalue weighted by atomic mass is 9.95. The molecular formula is C22H15Br2F3N4O4S. The first-order chi connectivity index (χ1) is 17.1. The Morgan fingerprint density at radius 2 is 1.97 bits per heavy atom. The standard InChI is InChI=1S/C22H15Br2F3N4O4S/c1-34-21(33)15-9-4-2-3-5-12(9)36-20(15)29-19(32)17-16(24)18-28-10(11-6-7-14(23)35-11)8-13(22(25,26)27)31(18)30-17/h6-8H,2-5H2,1H3,(H,29,32). The minimum Gasteiger partial charge on any atom is -0.465 e. The zero-order chi connectivity index (χ0) is 25.8. The molecule has 5 rings (SSSR count). The van der Waals surface area contributed by atoms with Crippen molar-refractivity contribution in [1.29, 1.82) is 0 Å². The summed E-state index contributed by atoms with van der Waals surface area (Å²) >= 11 is 7.57. The van der Waals surface area contributed by atoms with E-state index in [-0.39, 0.29) is 37.8 Å². The third-order valence-corrected chi connectivity index (χ3v) is 8.02. The summed E-state index contributed by atoms with van der Waals surface area (Å²) in [6.07, 6.45) is -1.50. The molecule has 0 aromatic carbocycles. The van der Waals surface area contributed by atoms with Gasteiger partial charge in [0.2, 0.25) is 0 Å². The molecule has 0 saturated heterocycles. The van der Waals surface area contributed by atoms with Crippen molar-refractivity contribution in [2.45, 2.75) is 31.9 Å². The van der Waals surface area contributed by atoms with Gasteiger partial charge in [0.05, 0.1) is 17.1 Å². The van der Waals surface area contributed by atoms with E-state index in [1.54, 1.807) is 0 Å². The van der Waals surface area contributed by atoms with Gasteiger partial charge in [0.15, 0.2) is 27.5 Å². The number of esters is 1. The summed E-state index contributed by atoms with van der Waals surface area (Å²) in [6.45, 7) is 0. The molecule has 188 valence electrons. The number of nitrogens with zero attached hydrogens (tertiary/aromatic N) is 3. The van der Waals surface area contributed by atoms with Crippen LogP contribution in [0.3, 0.4) is 0 Å². The normalized spacial score (nSPS) is 13.6. The fourth-order valence-electron chi connectivity index (χ4n) is 4.05. The number of furan rings is 1. The number of ether oxygens (including phenoxy) is 1. The molecule has 0 atom stereocenters. The predicted octanol–water partition coefficient (Wildman–Crippen LogP) is 6.51. The third-order valence-electron chi connectivity index (χ3n) is 5.65. The van der Waals surface area contributed by atoms with Gasteiger partial charge in [-0.2, -0.15) is 18.3 Å². The smallest absolute Gasteiger partial charge is 0.433 e. The number of amides is 1. The summed E-state index contributed by atoms with van der Waals surface area (Å²) in [6, 6.07) is 3.79. The second-order valence-corrected chi connectivity index (χ2v) is 10.6. The Balaban J connectivity index is 1.60. The van der Waals surface area contributed by atoms with Crippen molar-refractivity contribution in [3.05, 3.63) is 54.7 Å². The Kier molecular flexibility index (Phi) is 6.45. The number of hydrogen-bond acceptors (Lipinski definition) is 7. The SMILES string of the molecule is COC(=O)c1c(NC(=O)c2nn3c(C(F)(F)F)cc(-c4ccc(Br)o4)nc3c2Br)sc2c1CCCC2. The summed E-state index contributed by atoms with van der Waals surface area (Å²) in [5.74, 6) is -1.29. The molecule has 0 saturated carbocycles. The number of carbonyl (C=O) groups excluding carboxylic acids is 2. The molecule has 4 aromatic heterocycles. The maximum Gasteiger partial charge on any atom is 0.433 e. The van der Waals surface area contributed by atoms with Crippen molar-refractivity contribution < 1.29 is 31.9 Å². The number of thiophene rings is 1. The summed E-state index contributed by atoms with van der Waals surface area (Å²) in [4.78, 5) is 30.9. The van der Waals surface area contributed by atoms with E-state index < -0.39 is 23.7 Å². The first-order valence-corrected chi connectivity index (χ1v) is 12.9. The minimum absolute atomic E-state index is 0.0427. The number of rotatable bonds is 4. The number of anilines is 1. The maximum atomic E-state index is 13.9. The van der Waals surface area contributed by atoms with Gasteiger partial charge in [-0.3, -0.25) is 4.79 Å². The second kappa shape index (κ2) is 9.30. The number of nitrogens with one attached hydrogen (secondary N) is 1. The number of aryl methyl sites for hydroxylation is 1. The molecule has 1 aliphatic rings. The second-order valence-electron chi connectivity index (χ2n) is 7.89. The Morgan fingerprint density at radius 3 is 2.64 bits per heavy atom. The lowest BCUT2D eigenvalue weighted by Crippen LogP contribution is -2.17. The van der Waals surface area contributed by atoms with Gasteiger partial charge in [0.1, 0.15) is 10.7 Å². The average molecular weight is 648 g/mol. The van der Waals surface area contributed by atoms with Crippen LogP contribution in [-0.4, -0.2) is 33.6 Å². The van der Waals surface area contributed by atoms with Gasteiger partial charge in [-0.15, -0.1) is 11.3 Å². The molecule has 0 unspecified atom stereocenters. The van der Waals surface area contributed by atoms with Crippen LogP contribution < -0.4 is 5.32 Å². The molecule has 0 aliphatic heterocycles. The Morgan fingerprint density at radius 1 is 1.22 bits per heavy atom. The fourth-order valence-corrected chi connectivity index (χ4v) is 6.15. The highest BCUT2D eigenvalue weighted by molar-refractivity contribution is 9.10. The average Bonchev–Trinajstić information content (AvgIpc) is 3.52. The predicted molar refractivity (Wildman–Crippen MR) is 131 cm³/mol. The summed E-state index contributed by atoms with van der Waals surface area (Å²) < 4.78 is 52.9. The van der Waals surface area contributed by atoms with Crippen LogP contribution in [0.2, 0.25) is 0 Å². The van der Waals surface area contributed by atoms with E-state index in [1.807, 2.05) is 0 Å². The maximum absolute atomic E-state index is 13.9. The van der Waals surface area contributed by atoms with Gasteiger partial charge in [0, 0.05) is 4.88 Å². The zero-order valence-corrected chi connectivity index (χ0v) is 22.3. The lowest BCUT2D eigenvalue weighted by Gasteiger charge is -2.11. The molecule has 0 fully saturated rings. The molecule has 4 heterocycles. The number of halogens is 5. The van der Waals surface area contributed by atoms with Gasteiger partial charge in [0.25, 0.3) is 5.91 Å². The van der Waals surface area contributed by atoms with Crippen LogP contribution in [0.15, 0.2) is 31.8 Å². The van der Waals surface area contributed by atoms with E-state index in [2.05, 4.69) is 47.3 Å². The number of aromatic nitrogens is 3. The van der Waals surface area contributed by atoms with Crippen LogP contribution >= 0.6 is 43.2 Å². The molecule has 1 amide bonds. The number of methoxy groups -OCH3 is 1. The quantitative estimate of drug-likeness (QED) is 0.254.